The molecule has 0 spiro atoms. The summed E-state index contributed by atoms with van der Waals surface area (Å²) in [6.45, 7) is 0. The smallest absolute Gasteiger partial charge is 0.199 e. The van der Waals surface area contributed by atoms with Crippen molar-refractivity contribution >= 4 is 62.4 Å². The molecule has 2 aromatic heterocycles. The average molecular weight is 438 g/mol. The molecule has 29 heavy (non-hydrogen) atoms. The Morgan fingerprint density at radius 2 is 1.52 bits per heavy atom. The number of fused-ring (bicyclic) bond motifs is 2. The lowest BCUT2D eigenvalue weighted by atomic mass is 10.1. The molecular formula is C23H13Cl2NO2S. The maximum atomic E-state index is 12.8. The molecule has 6 heteroatoms. The molecule has 3 nitrogen and oxygen atoms in total. The van der Waals surface area contributed by atoms with Crippen LogP contribution in [-0.4, -0.2) is 16.1 Å². The summed E-state index contributed by atoms with van der Waals surface area (Å²) in [4.78, 5) is 26.5. The van der Waals surface area contributed by atoms with Crippen molar-refractivity contribution in [3.8, 4) is 11.3 Å². The Morgan fingerprint density at radius 3 is 2.10 bits per heavy atom. The number of carbonyl (C=O) groups excluding carboxylic acids is 2. The Bertz CT molecular complexity index is 1320. The summed E-state index contributed by atoms with van der Waals surface area (Å²) in [6.07, 6.45) is 1.64. The Labute approximate surface area is 180 Å². The van der Waals surface area contributed by atoms with Gasteiger partial charge in [-0.1, -0.05) is 53.5 Å². The van der Waals surface area contributed by atoms with E-state index in [0.717, 1.165) is 26.4 Å². The van der Waals surface area contributed by atoms with Crippen LogP contribution >= 0.6 is 34.5 Å². The normalized spacial score (nSPS) is 13.4. The third-order valence-electron chi connectivity index (χ3n) is 5.15. The lowest BCUT2D eigenvalue weighted by Gasteiger charge is -2.03. The minimum Gasteiger partial charge on any atom is -0.343 e. The molecule has 0 fully saturated rings. The number of benzene rings is 2. The minimum atomic E-state index is -0.375. The predicted octanol–water partition coefficient (Wildman–Crippen LogP) is 6.68. The lowest BCUT2D eigenvalue weighted by Crippen LogP contribution is -2.00. The van der Waals surface area contributed by atoms with E-state index < -0.39 is 0 Å². The fourth-order valence-corrected chi connectivity index (χ4v) is 5.29. The molecule has 0 aliphatic heterocycles. The molecular weight excluding hydrogens is 425 g/mol. The third kappa shape index (κ3) is 2.79. The van der Waals surface area contributed by atoms with Gasteiger partial charge in [0.1, 0.15) is 0 Å². The minimum absolute atomic E-state index is 0.102. The van der Waals surface area contributed by atoms with E-state index in [-0.39, 0.29) is 38.3 Å². The van der Waals surface area contributed by atoms with Crippen molar-refractivity contribution in [1.82, 2.24) is 4.57 Å². The van der Waals surface area contributed by atoms with Gasteiger partial charge in [0.15, 0.2) is 11.6 Å². The molecule has 1 aliphatic rings. The Kier molecular flexibility index (Phi) is 4.24. The molecule has 0 N–H and O–H groups in total. The van der Waals surface area contributed by atoms with Crippen molar-refractivity contribution in [3.05, 3.63) is 86.2 Å². The van der Waals surface area contributed by atoms with Gasteiger partial charge < -0.3 is 4.57 Å². The van der Waals surface area contributed by atoms with Crippen LogP contribution in [0.2, 0.25) is 10.0 Å². The van der Waals surface area contributed by atoms with Crippen molar-refractivity contribution in [3.63, 3.8) is 0 Å². The van der Waals surface area contributed by atoms with Gasteiger partial charge in [-0.05, 0) is 35.9 Å². The molecule has 0 radical (unpaired) electrons. The SMILES string of the molecule is Cn1c(-c2ccccc2)cc2sc(C=C3C(=O)c4c(Cl)ccc(Cl)c4C3=O)cc21. The van der Waals surface area contributed by atoms with E-state index in [2.05, 4.69) is 22.8 Å². The topological polar surface area (TPSA) is 39.1 Å². The largest absolute Gasteiger partial charge is 0.343 e. The van der Waals surface area contributed by atoms with Crippen LogP contribution in [0.5, 0.6) is 0 Å². The first-order valence-electron chi connectivity index (χ1n) is 8.89. The monoisotopic (exact) mass is 437 g/mol. The van der Waals surface area contributed by atoms with Crippen LogP contribution in [0.25, 0.3) is 27.6 Å². The highest BCUT2D eigenvalue weighted by Crippen LogP contribution is 2.39. The molecule has 0 saturated carbocycles. The number of aryl methyl sites for hydroxylation is 1. The van der Waals surface area contributed by atoms with E-state index >= 15 is 0 Å². The van der Waals surface area contributed by atoms with Gasteiger partial charge >= 0.3 is 0 Å². The van der Waals surface area contributed by atoms with E-state index in [9.17, 15) is 9.59 Å². The number of nitrogens with zero attached hydrogens (tertiary/aromatic N) is 1. The number of rotatable bonds is 2. The van der Waals surface area contributed by atoms with Crippen LogP contribution in [0.3, 0.4) is 0 Å². The van der Waals surface area contributed by atoms with Crippen molar-refractivity contribution in [2.45, 2.75) is 0 Å². The first-order chi connectivity index (χ1) is 14.0. The van der Waals surface area contributed by atoms with Crippen LogP contribution in [0.1, 0.15) is 25.6 Å². The number of thiophene rings is 1. The molecule has 0 amide bonds. The van der Waals surface area contributed by atoms with Crippen molar-refractivity contribution in [1.29, 1.82) is 0 Å². The van der Waals surface area contributed by atoms with Crippen LogP contribution in [0.15, 0.2) is 60.2 Å². The number of hydrogen-bond donors (Lipinski definition) is 0. The van der Waals surface area contributed by atoms with Crippen LogP contribution in [-0.2, 0) is 7.05 Å². The van der Waals surface area contributed by atoms with Crippen LogP contribution in [0.4, 0.5) is 0 Å². The second-order valence-corrected chi connectivity index (χ2v) is 8.78. The van der Waals surface area contributed by atoms with E-state index in [1.807, 2.05) is 31.3 Å². The first kappa shape index (κ1) is 18.4. The Balaban J connectivity index is 1.58. The number of ketones is 2. The van der Waals surface area contributed by atoms with Crippen molar-refractivity contribution in [2.75, 3.05) is 0 Å². The fourth-order valence-electron chi connectivity index (χ4n) is 3.73. The summed E-state index contributed by atoms with van der Waals surface area (Å²) in [5, 5.41) is 0.491. The molecule has 0 saturated heterocycles. The average Bonchev–Trinajstić information content (AvgIpc) is 3.33. The van der Waals surface area contributed by atoms with Crippen LogP contribution in [0, 0.1) is 0 Å². The summed E-state index contributed by atoms with van der Waals surface area (Å²) in [7, 11) is 2.01. The summed E-state index contributed by atoms with van der Waals surface area (Å²) in [5.74, 6) is -0.750. The van der Waals surface area contributed by atoms with Gasteiger partial charge in [0.25, 0.3) is 0 Å². The molecule has 0 bridgehead atoms. The zero-order valence-electron chi connectivity index (χ0n) is 15.2. The summed E-state index contributed by atoms with van der Waals surface area (Å²) < 4.78 is 3.20. The number of hydrogen-bond acceptors (Lipinski definition) is 3. The molecule has 2 aromatic carbocycles. The maximum Gasteiger partial charge on any atom is 0.199 e. The van der Waals surface area contributed by atoms with Gasteiger partial charge in [0.05, 0.1) is 37.0 Å². The first-order valence-corrected chi connectivity index (χ1v) is 10.5. The van der Waals surface area contributed by atoms with Gasteiger partial charge in [-0.3, -0.25) is 9.59 Å². The number of halogens is 2. The predicted molar refractivity (Wildman–Crippen MR) is 119 cm³/mol. The van der Waals surface area contributed by atoms with Gasteiger partial charge in [0, 0.05) is 17.6 Å². The summed E-state index contributed by atoms with van der Waals surface area (Å²) >= 11 is 13.8. The number of aromatic nitrogens is 1. The Morgan fingerprint density at radius 1 is 0.897 bits per heavy atom. The highest BCUT2D eigenvalue weighted by atomic mass is 35.5. The highest BCUT2D eigenvalue weighted by molar-refractivity contribution is 7.19. The molecule has 0 atom stereocenters. The zero-order valence-corrected chi connectivity index (χ0v) is 17.5. The standard InChI is InChI=1S/C23H13Cl2NO2S/c1-26-17(12-5-3-2-4-6-12)11-19-18(26)10-13(29-19)9-14-22(27)20-15(24)7-8-16(25)21(20)23(14)28/h2-11H,1H3. The Hall–Kier alpha value is -2.66. The number of allylic oxidation sites excluding steroid dienone is 1. The summed E-state index contributed by atoms with van der Waals surface area (Å²) in [5.41, 5.74) is 3.80. The number of carbonyl (C=O) groups is 2. The van der Waals surface area contributed by atoms with E-state index in [1.165, 1.54) is 11.3 Å². The van der Waals surface area contributed by atoms with E-state index in [1.54, 1.807) is 18.2 Å². The molecule has 1 aliphatic carbocycles. The van der Waals surface area contributed by atoms with Crippen molar-refractivity contribution in [2.24, 2.45) is 7.05 Å². The van der Waals surface area contributed by atoms with Crippen LogP contribution < -0.4 is 0 Å². The maximum absolute atomic E-state index is 12.8. The fraction of sp³-hybridized carbons (Fsp3) is 0.0435. The summed E-state index contributed by atoms with van der Waals surface area (Å²) in [6, 6.07) is 17.4. The molecule has 2 heterocycles. The second kappa shape index (κ2) is 6.70. The number of Topliss-reactive ketones (excluding diaryl/α,β-unsaturated/α-hetero) is 2. The second-order valence-electron chi connectivity index (χ2n) is 6.85. The third-order valence-corrected chi connectivity index (χ3v) is 6.80. The molecule has 4 aromatic rings. The van der Waals surface area contributed by atoms with Gasteiger partial charge in [-0.2, -0.15) is 0 Å². The van der Waals surface area contributed by atoms with E-state index in [0.29, 0.717) is 0 Å². The zero-order chi connectivity index (χ0) is 20.3. The van der Waals surface area contributed by atoms with Gasteiger partial charge in [0.2, 0.25) is 0 Å². The molecule has 0 unspecified atom stereocenters. The molecule has 142 valence electrons. The highest BCUT2D eigenvalue weighted by Gasteiger charge is 2.37. The van der Waals surface area contributed by atoms with Gasteiger partial charge in [-0.25, -0.2) is 0 Å². The van der Waals surface area contributed by atoms with Gasteiger partial charge in [-0.15, -0.1) is 11.3 Å². The lowest BCUT2D eigenvalue weighted by molar-refractivity contribution is 0.0990. The quantitative estimate of drug-likeness (QED) is 0.259. The van der Waals surface area contributed by atoms with E-state index in [4.69, 9.17) is 23.2 Å². The molecule has 5 rings (SSSR count). The van der Waals surface area contributed by atoms with Crippen molar-refractivity contribution < 1.29 is 9.59 Å².